The Bertz CT molecular complexity index is 1260. The fourth-order valence-corrected chi connectivity index (χ4v) is 3.70. The molecule has 0 aliphatic rings. The topological polar surface area (TPSA) is 76.9 Å². The lowest BCUT2D eigenvalue weighted by Gasteiger charge is -2.11. The third-order valence-corrected chi connectivity index (χ3v) is 5.43. The maximum atomic E-state index is 13.1. The predicted octanol–water partition coefficient (Wildman–Crippen LogP) is 4.82. The summed E-state index contributed by atoms with van der Waals surface area (Å²) in [6.45, 7) is 2.61. The van der Waals surface area contributed by atoms with Crippen molar-refractivity contribution in [1.29, 1.82) is 0 Å². The van der Waals surface area contributed by atoms with Gasteiger partial charge in [0.15, 0.2) is 5.69 Å². The Morgan fingerprint density at radius 3 is 2.31 bits per heavy atom. The van der Waals surface area contributed by atoms with Crippen molar-refractivity contribution in [3.63, 3.8) is 0 Å². The number of nitrogens with zero attached hydrogens (tertiary/aromatic N) is 3. The molecule has 0 bridgehead atoms. The van der Waals surface area contributed by atoms with Crippen LogP contribution in [0.15, 0.2) is 77.9 Å². The summed E-state index contributed by atoms with van der Waals surface area (Å²) in [5.41, 5.74) is 3.11. The number of carbonyl (C=O) groups is 1. The Labute approximate surface area is 186 Å². The summed E-state index contributed by atoms with van der Waals surface area (Å²) in [5.74, 6) is -0.327. The largest absolute Gasteiger partial charge is 0.321 e. The van der Waals surface area contributed by atoms with Crippen LogP contribution in [0.3, 0.4) is 0 Å². The molecule has 0 radical (unpaired) electrons. The second kappa shape index (κ2) is 10.0. The number of nitrogens with one attached hydrogen (secondary N) is 1. The number of carbonyl (C=O) groups excluding carboxylic acids is 1. The predicted molar refractivity (Wildman–Crippen MR) is 127 cm³/mol. The number of hydrogen-bond donors (Lipinski definition) is 1. The van der Waals surface area contributed by atoms with E-state index in [1.54, 1.807) is 24.5 Å². The maximum Gasteiger partial charge on any atom is 0.276 e. The van der Waals surface area contributed by atoms with Gasteiger partial charge >= 0.3 is 0 Å². The molecule has 0 aliphatic heterocycles. The van der Waals surface area contributed by atoms with E-state index in [1.165, 1.54) is 10.2 Å². The van der Waals surface area contributed by atoms with Gasteiger partial charge in [0.05, 0.1) is 5.39 Å². The van der Waals surface area contributed by atoms with Gasteiger partial charge in [-0.2, -0.15) is 5.10 Å². The number of aromatic nitrogens is 3. The molecule has 0 saturated heterocycles. The summed E-state index contributed by atoms with van der Waals surface area (Å²) in [7, 11) is 0. The standard InChI is InChI=1S/C26H26N4O2/c1-2-3-6-17-30-26(32)23-8-5-4-7-22(23)24(29-30)25(31)28-21-11-9-19(10-12-21)18-20-13-15-27-16-14-20/h4-5,7-16H,2-3,6,17-18H2,1H3,(H,28,31). The van der Waals surface area contributed by atoms with Gasteiger partial charge in [-0.25, -0.2) is 4.68 Å². The number of benzene rings is 2. The highest BCUT2D eigenvalue weighted by Gasteiger charge is 2.17. The summed E-state index contributed by atoms with van der Waals surface area (Å²) in [4.78, 5) is 30.0. The van der Waals surface area contributed by atoms with Gasteiger partial charge in [-0.05, 0) is 54.3 Å². The van der Waals surface area contributed by atoms with Gasteiger partial charge < -0.3 is 5.32 Å². The Hall–Kier alpha value is -3.80. The third kappa shape index (κ3) is 4.91. The number of pyridine rings is 1. The molecule has 0 spiro atoms. The van der Waals surface area contributed by atoms with Crippen molar-refractivity contribution in [3.8, 4) is 0 Å². The molecular weight excluding hydrogens is 400 g/mol. The number of rotatable bonds is 8. The lowest BCUT2D eigenvalue weighted by Crippen LogP contribution is -2.27. The Morgan fingerprint density at radius 2 is 1.59 bits per heavy atom. The fourth-order valence-electron chi connectivity index (χ4n) is 3.70. The molecule has 4 aromatic rings. The summed E-state index contributed by atoms with van der Waals surface area (Å²) in [6, 6.07) is 18.9. The smallest absolute Gasteiger partial charge is 0.276 e. The molecule has 6 nitrogen and oxygen atoms in total. The molecule has 6 heteroatoms. The zero-order valence-corrected chi connectivity index (χ0v) is 18.1. The number of amides is 1. The van der Waals surface area contributed by atoms with E-state index in [9.17, 15) is 9.59 Å². The van der Waals surface area contributed by atoms with Crippen LogP contribution in [0.25, 0.3) is 10.8 Å². The van der Waals surface area contributed by atoms with Crippen LogP contribution in [-0.4, -0.2) is 20.7 Å². The first-order valence-corrected chi connectivity index (χ1v) is 10.9. The first kappa shape index (κ1) is 21.4. The van der Waals surface area contributed by atoms with E-state index in [-0.39, 0.29) is 17.2 Å². The van der Waals surface area contributed by atoms with Crippen molar-refractivity contribution in [2.75, 3.05) is 5.32 Å². The molecule has 2 aromatic heterocycles. The molecule has 1 amide bonds. The minimum Gasteiger partial charge on any atom is -0.321 e. The number of fused-ring (bicyclic) bond motifs is 1. The monoisotopic (exact) mass is 426 g/mol. The van der Waals surface area contributed by atoms with Crippen LogP contribution in [0.4, 0.5) is 5.69 Å². The summed E-state index contributed by atoms with van der Waals surface area (Å²) >= 11 is 0. The van der Waals surface area contributed by atoms with Gasteiger partial charge in [0.1, 0.15) is 0 Å². The average molecular weight is 427 g/mol. The van der Waals surface area contributed by atoms with Crippen LogP contribution in [-0.2, 0) is 13.0 Å². The van der Waals surface area contributed by atoms with Crippen LogP contribution < -0.4 is 10.9 Å². The molecule has 2 aromatic carbocycles. The first-order valence-electron chi connectivity index (χ1n) is 10.9. The van der Waals surface area contributed by atoms with Crippen molar-refractivity contribution in [2.24, 2.45) is 0 Å². The van der Waals surface area contributed by atoms with E-state index < -0.39 is 0 Å². The van der Waals surface area contributed by atoms with Crippen molar-refractivity contribution in [3.05, 3.63) is 100 Å². The third-order valence-electron chi connectivity index (χ3n) is 5.43. The Kier molecular flexibility index (Phi) is 6.70. The van der Waals surface area contributed by atoms with E-state index >= 15 is 0 Å². The highest BCUT2D eigenvalue weighted by atomic mass is 16.2. The molecule has 4 rings (SSSR count). The SMILES string of the molecule is CCCCCn1nc(C(=O)Nc2ccc(Cc3ccncc3)cc2)c2ccccc2c1=O. The summed E-state index contributed by atoms with van der Waals surface area (Å²) in [5, 5.41) is 8.43. The van der Waals surface area contributed by atoms with Crippen molar-refractivity contribution in [1.82, 2.24) is 14.8 Å². The van der Waals surface area contributed by atoms with Crippen molar-refractivity contribution < 1.29 is 4.79 Å². The molecule has 0 fully saturated rings. The van der Waals surface area contributed by atoms with Crippen molar-refractivity contribution in [2.45, 2.75) is 39.2 Å². The zero-order valence-electron chi connectivity index (χ0n) is 18.1. The lowest BCUT2D eigenvalue weighted by molar-refractivity contribution is 0.102. The van der Waals surface area contributed by atoms with Crippen LogP contribution >= 0.6 is 0 Å². The van der Waals surface area contributed by atoms with E-state index in [0.717, 1.165) is 31.2 Å². The number of aryl methyl sites for hydroxylation is 1. The molecule has 0 atom stereocenters. The van der Waals surface area contributed by atoms with Crippen LogP contribution in [0.1, 0.15) is 47.8 Å². The molecular formula is C26H26N4O2. The molecule has 2 heterocycles. The van der Waals surface area contributed by atoms with Crippen LogP contribution in [0.2, 0.25) is 0 Å². The van der Waals surface area contributed by atoms with Crippen LogP contribution in [0, 0.1) is 0 Å². The molecule has 162 valence electrons. The second-order valence-corrected chi connectivity index (χ2v) is 7.81. The van der Waals surface area contributed by atoms with Crippen LogP contribution in [0.5, 0.6) is 0 Å². The number of anilines is 1. The molecule has 32 heavy (non-hydrogen) atoms. The maximum absolute atomic E-state index is 13.1. The highest BCUT2D eigenvalue weighted by molar-refractivity contribution is 6.11. The normalized spacial score (nSPS) is 10.9. The lowest BCUT2D eigenvalue weighted by atomic mass is 10.1. The van der Waals surface area contributed by atoms with Crippen molar-refractivity contribution >= 4 is 22.4 Å². The summed E-state index contributed by atoms with van der Waals surface area (Å²) in [6.07, 6.45) is 7.26. The number of hydrogen-bond acceptors (Lipinski definition) is 4. The number of unbranched alkanes of at least 4 members (excludes halogenated alkanes) is 2. The Morgan fingerprint density at radius 1 is 0.906 bits per heavy atom. The quantitative estimate of drug-likeness (QED) is 0.410. The minimum absolute atomic E-state index is 0.159. The van der Waals surface area contributed by atoms with E-state index in [1.807, 2.05) is 48.5 Å². The van der Waals surface area contributed by atoms with Gasteiger partial charge in [-0.15, -0.1) is 0 Å². The molecule has 0 saturated carbocycles. The molecule has 0 aliphatic carbocycles. The first-order chi connectivity index (χ1) is 15.7. The van der Waals surface area contributed by atoms with Gasteiger partial charge in [0.2, 0.25) is 0 Å². The molecule has 1 N–H and O–H groups in total. The van der Waals surface area contributed by atoms with Gasteiger partial charge in [-0.3, -0.25) is 14.6 Å². The Balaban J connectivity index is 1.56. The average Bonchev–Trinajstić information content (AvgIpc) is 2.82. The van der Waals surface area contributed by atoms with E-state index in [4.69, 9.17) is 0 Å². The van der Waals surface area contributed by atoms with Gasteiger partial charge in [0, 0.05) is 30.0 Å². The van der Waals surface area contributed by atoms with E-state index in [2.05, 4.69) is 22.3 Å². The second-order valence-electron chi connectivity index (χ2n) is 7.81. The fraction of sp³-hybridized carbons (Fsp3) is 0.231. The van der Waals surface area contributed by atoms with E-state index in [0.29, 0.717) is 23.0 Å². The minimum atomic E-state index is -0.327. The molecule has 0 unspecified atom stereocenters. The zero-order chi connectivity index (χ0) is 22.3. The van der Waals surface area contributed by atoms with Gasteiger partial charge in [0.25, 0.3) is 11.5 Å². The highest BCUT2D eigenvalue weighted by Crippen LogP contribution is 2.17. The summed E-state index contributed by atoms with van der Waals surface area (Å²) < 4.78 is 1.42. The van der Waals surface area contributed by atoms with Gasteiger partial charge in [-0.1, -0.05) is 50.1 Å².